The molecule has 1 saturated carbocycles. The molecule has 2 aromatic heterocycles. The molecule has 1 N–H and O–H groups in total. The quantitative estimate of drug-likeness (QED) is 0.901. The molecule has 0 radical (unpaired) electrons. The van der Waals surface area contributed by atoms with E-state index in [0.29, 0.717) is 22.1 Å². The molecule has 8 heteroatoms. The standard InChI is InChI=1S/C15H16N2O3S3/c18-15(13-3-1-5-21-13)16-12-8-11-7-10(12)9-17(11)23(19,20)14-4-2-6-22-14/h1-6,10-12H,7-9H2,(H,16,18)/t10-,11-,12-/m0/s1. The molecule has 2 aliphatic rings. The minimum Gasteiger partial charge on any atom is -0.348 e. The highest BCUT2D eigenvalue weighted by Crippen LogP contribution is 2.41. The molecule has 0 aromatic carbocycles. The predicted octanol–water partition coefficient (Wildman–Crippen LogP) is 2.39. The summed E-state index contributed by atoms with van der Waals surface area (Å²) in [6.07, 6.45) is 1.53. The highest BCUT2D eigenvalue weighted by molar-refractivity contribution is 7.91. The lowest BCUT2D eigenvalue weighted by Crippen LogP contribution is -2.47. The molecule has 3 heterocycles. The number of hydrogen-bond donors (Lipinski definition) is 1. The summed E-state index contributed by atoms with van der Waals surface area (Å²) in [7, 11) is -3.38. The monoisotopic (exact) mass is 368 g/mol. The number of carbonyl (C=O) groups excluding carboxylic acids is 1. The SMILES string of the molecule is O=C(N[C@H]1C[C@@H]2C[C@H]1CN2S(=O)(=O)c1cccs1)c1cccs1. The van der Waals surface area contributed by atoms with Crippen LogP contribution < -0.4 is 5.32 Å². The molecule has 0 unspecified atom stereocenters. The van der Waals surface area contributed by atoms with Gasteiger partial charge in [-0.25, -0.2) is 8.42 Å². The number of nitrogens with zero attached hydrogens (tertiary/aromatic N) is 1. The van der Waals surface area contributed by atoms with E-state index in [9.17, 15) is 13.2 Å². The smallest absolute Gasteiger partial charge is 0.261 e. The summed E-state index contributed by atoms with van der Waals surface area (Å²) >= 11 is 2.68. The second-order valence-corrected chi connectivity index (χ2v) is 9.96. The molecular weight excluding hydrogens is 352 g/mol. The van der Waals surface area contributed by atoms with Crippen molar-refractivity contribution in [1.82, 2.24) is 9.62 Å². The number of hydrogen-bond acceptors (Lipinski definition) is 5. The molecule has 1 aliphatic heterocycles. The summed E-state index contributed by atoms with van der Waals surface area (Å²) in [5.41, 5.74) is 0. The van der Waals surface area contributed by atoms with Crippen LogP contribution in [0, 0.1) is 5.92 Å². The van der Waals surface area contributed by atoms with Gasteiger partial charge >= 0.3 is 0 Å². The maximum absolute atomic E-state index is 12.7. The van der Waals surface area contributed by atoms with Crippen molar-refractivity contribution in [3.63, 3.8) is 0 Å². The summed E-state index contributed by atoms with van der Waals surface area (Å²) in [5, 5.41) is 6.74. The lowest BCUT2D eigenvalue weighted by molar-refractivity contribution is 0.0924. The Morgan fingerprint density at radius 2 is 1.96 bits per heavy atom. The molecule has 1 amide bonds. The first-order valence-electron chi connectivity index (χ1n) is 7.45. The third-order valence-corrected chi connectivity index (χ3v) is 8.77. The van der Waals surface area contributed by atoms with E-state index in [4.69, 9.17) is 0 Å². The Balaban J connectivity index is 1.45. The van der Waals surface area contributed by atoms with E-state index in [0.717, 1.165) is 6.42 Å². The van der Waals surface area contributed by atoms with Gasteiger partial charge in [0.15, 0.2) is 0 Å². The fourth-order valence-electron chi connectivity index (χ4n) is 3.56. The Bertz CT molecular complexity index is 799. The minimum absolute atomic E-state index is 0.000681. The number of rotatable bonds is 4. The molecule has 2 bridgehead atoms. The average molecular weight is 369 g/mol. The van der Waals surface area contributed by atoms with Crippen LogP contribution in [0.3, 0.4) is 0 Å². The summed E-state index contributed by atoms with van der Waals surface area (Å²) in [4.78, 5) is 12.9. The molecular formula is C15H16N2O3S3. The fourth-order valence-corrected chi connectivity index (χ4v) is 7.01. The summed E-state index contributed by atoms with van der Waals surface area (Å²) < 4.78 is 27.3. The van der Waals surface area contributed by atoms with Crippen molar-refractivity contribution >= 4 is 38.6 Å². The highest BCUT2D eigenvalue weighted by atomic mass is 32.2. The second-order valence-electron chi connectivity index (χ2n) is 5.95. The van der Waals surface area contributed by atoms with E-state index < -0.39 is 10.0 Å². The van der Waals surface area contributed by atoms with E-state index in [-0.39, 0.29) is 23.9 Å². The fraction of sp³-hybridized carbons (Fsp3) is 0.400. The van der Waals surface area contributed by atoms with E-state index in [1.165, 1.54) is 22.7 Å². The number of fused-ring (bicyclic) bond motifs is 2. The van der Waals surface area contributed by atoms with Gasteiger partial charge in [-0.05, 0) is 41.7 Å². The molecule has 4 rings (SSSR count). The van der Waals surface area contributed by atoms with Crippen LogP contribution in [0.1, 0.15) is 22.5 Å². The van der Waals surface area contributed by atoms with Gasteiger partial charge in [0, 0.05) is 18.6 Å². The molecule has 1 aliphatic carbocycles. The molecule has 122 valence electrons. The van der Waals surface area contributed by atoms with E-state index in [2.05, 4.69) is 5.32 Å². The van der Waals surface area contributed by atoms with Crippen LogP contribution in [0.25, 0.3) is 0 Å². The van der Waals surface area contributed by atoms with Crippen LogP contribution in [0.15, 0.2) is 39.2 Å². The topological polar surface area (TPSA) is 66.5 Å². The number of carbonyl (C=O) groups is 1. The van der Waals surface area contributed by atoms with E-state index in [1.807, 2.05) is 11.4 Å². The zero-order chi connectivity index (χ0) is 16.0. The lowest BCUT2D eigenvalue weighted by atomic mass is 10.0. The maximum atomic E-state index is 12.7. The third kappa shape index (κ3) is 2.63. The minimum atomic E-state index is -3.38. The Hall–Kier alpha value is -1.22. The summed E-state index contributed by atoms with van der Waals surface area (Å²) in [6, 6.07) is 7.15. The maximum Gasteiger partial charge on any atom is 0.261 e. The first kappa shape index (κ1) is 15.3. The van der Waals surface area contributed by atoms with Crippen molar-refractivity contribution in [2.45, 2.75) is 29.1 Å². The number of amides is 1. The second kappa shape index (κ2) is 5.70. The first-order valence-corrected chi connectivity index (χ1v) is 10.7. The van der Waals surface area contributed by atoms with Gasteiger partial charge in [0.25, 0.3) is 15.9 Å². The molecule has 2 aromatic rings. The van der Waals surface area contributed by atoms with Gasteiger partial charge in [0.1, 0.15) is 4.21 Å². The van der Waals surface area contributed by atoms with Gasteiger partial charge in [-0.1, -0.05) is 12.1 Å². The Morgan fingerprint density at radius 3 is 2.57 bits per heavy atom. The van der Waals surface area contributed by atoms with Gasteiger partial charge in [0.05, 0.1) is 4.88 Å². The van der Waals surface area contributed by atoms with Crippen LogP contribution in [0.5, 0.6) is 0 Å². The Kier molecular flexibility index (Phi) is 3.79. The number of nitrogens with one attached hydrogen (secondary N) is 1. The third-order valence-electron chi connectivity index (χ3n) is 4.61. The molecule has 3 atom stereocenters. The number of sulfonamides is 1. The van der Waals surface area contributed by atoms with Gasteiger partial charge < -0.3 is 5.32 Å². The van der Waals surface area contributed by atoms with Crippen LogP contribution in [-0.4, -0.2) is 37.3 Å². The van der Waals surface area contributed by atoms with Crippen molar-refractivity contribution in [1.29, 1.82) is 0 Å². The van der Waals surface area contributed by atoms with Gasteiger partial charge in [0.2, 0.25) is 0 Å². The highest BCUT2D eigenvalue weighted by Gasteiger charge is 2.50. The number of thiophene rings is 2. The van der Waals surface area contributed by atoms with Crippen LogP contribution in [0.4, 0.5) is 0 Å². The van der Waals surface area contributed by atoms with Crippen molar-refractivity contribution in [2.24, 2.45) is 5.92 Å². The molecule has 1 saturated heterocycles. The molecule has 2 fully saturated rings. The van der Waals surface area contributed by atoms with Crippen molar-refractivity contribution in [3.05, 3.63) is 39.9 Å². The predicted molar refractivity (Wildman–Crippen MR) is 90.3 cm³/mol. The lowest BCUT2D eigenvalue weighted by Gasteiger charge is -2.30. The van der Waals surface area contributed by atoms with Crippen LogP contribution in [-0.2, 0) is 10.0 Å². The summed E-state index contributed by atoms with van der Waals surface area (Å²) in [6.45, 7) is 0.500. The van der Waals surface area contributed by atoms with Gasteiger partial charge in [-0.3, -0.25) is 4.79 Å². The molecule has 23 heavy (non-hydrogen) atoms. The normalized spacial score (nSPS) is 27.4. The van der Waals surface area contributed by atoms with Crippen molar-refractivity contribution in [2.75, 3.05) is 6.54 Å². The Labute approximate surface area is 143 Å². The molecule has 5 nitrogen and oxygen atoms in total. The Morgan fingerprint density at radius 1 is 1.17 bits per heavy atom. The van der Waals surface area contributed by atoms with E-state index in [1.54, 1.807) is 27.9 Å². The zero-order valence-electron chi connectivity index (χ0n) is 12.2. The summed E-state index contributed by atoms with van der Waals surface area (Å²) in [5.74, 6) is 0.156. The average Bonchev–Trinajstić information content (AvgIpc) is 3.28. The largest absolute Gasteiger partial charge is 0.348 e. The van der Waals surface area contributed by atoms with Crippen molar-refractivity contribution < 1.29 is 13.2 Å². The van der Waals surface area contributed by atoms with Gasteiger partial charge in [-0.15, -0.1) is 22.7 Å². The van der Waals surface area contributed by atoms with Crippen LogP contribution >= 0.6 is 22.7 Å². The molecule has 0 spiro atoms. The first-order chi connectivity index (χ1) is 11.1. The van der Waals surface area contributed by atoms with Crippen LogP contribution in [0.2, 0.25) is 0 Å². The van der Waals surface area contributed by atoms with Gasteiger partial charge in [-0.2, -0.15) is 4.31 Å². The zero-order valence-corrected chi connectivity index (χ0v) is 14.7. The number of piperidine rings is 1. The van der Waals surface area contributed by atoms with E-state index >= 15 is 0 Å². The van der Waals surface area contributed by atoms with Crippen molar-refractivity contribution in [3.8, 4) is 0 Å².